The first-order valence-electron chi connectivity index (χ1n) is 11.0. The van der Waals surface area contributed by atoms with E-state index in [1.54, 1.807) is 7.11 Å². The van der Waals surface area contributed by atoms with Crippen LogP contribution in [0.5, 0.6) is 5.75 Å². The van der Waals surface area contributed by atoms with Crippen LogP contribution in [0.15, 0.2) is 30.3 Å². The van der Waals surface area contributed by atoms with Gasteiger partial charge in [0.1, 0.15) is 11.6 Å². The van der Waals surface area contributed by atoms with Gasteiger partial charge in [0.05, 0.1) is 12.7 Å². The van der Waals surface area contributed by atoms with Gasteiger partial charge in [-0.25, -0.2) is 4.98 Å². The average Bonchev–Trinajstić information content (AvgIpc) is 3.53. The van der Waals surface area contributed by atoms with E-state index in [-0.39, 0.29) is 23.6 Å². The molecule has 7 nitrogen and oxygen atoms in total. The summed E-state index contributed by atoms with van der Waals surface area (Å²) >= 11 is 0. The summed E-state index contributed by atoms with van der Waals surface area (Å²) in [6.45, 7) is 1.54. The number of rotatable bonds is 5. The van der Waals surface area contributed by atoms with Crippen molar-refractivity contribution in [2.45, 2.75) is 45.2 Å². The summed E-state index contributed by atoms with van der Waals surface area (Å²) < 4.78 is 5.23. The Morgan fingerprint density at radius 3 is 2.87 bits per heavy atom. The van der Waals surface area contributed by atoms with Gasteiger partial charge >= 0.3 is 0 Å². The molecule has 0 bridgehead atoms. The van der Waals surface area contributed by atoms with Crippen molar-refractivity contribution in [1.82, 2.24) is 15.2 Å². The van der Waals surface area contributed by atoms with Gasteiger partial charge in [-0.3, -0.25) is 9.59 Å². The van der Waals surface area contributed by atoms with Gasteiger partial charge in [0.15, 0.2) is 0 Å². The zero-order chi connectivity index (χ0) is 21.6. The molecule has 1 spiro atoms. The van der Waals surface area contributed by atoms with E-state index in [1.807, 2.05) is 35.2 Å². The Kier molecular flexibility index (Phi) is 4.84. The molecule has 1 aromatic heterocycles. The minimum absolute atomic E-state index is 0.204. The number of benzene rings is 1. The lowest BCUT2D eigenvalue weighted by atomic mass is 9.79. The summed E-state index contributed by atoms with van der Waals surface area (Å²) in [4.78, 5) is 32.2. The monoisotopic (exact) mass is 420 g/mol. The topological polar surface area (TPSA) is 97.5 Å². The third kappa shape index (κ3) is 3.62. The molecule has 2 amide bonds. The Morgan fingerprint density at radius 1 is 1.32 bits per heavy atom. The standard InChI is InChI=1S/C24H28N4O3/c1-31-17-5-2-4-15(10-17)13-26-22(29)18-11-16-14-28(9-6-20(16)27-21(18)25)23(30)19-12-24(19)7-3-8-24/h2,4-5,10-11,19H,3,6-9,12-14H2,1H3,(H2,25,27)(H,26,29)/t19-/m1/s1. The Morgan fingerprint density at radius 2 is 2.16 bits per heavy atom. The number of pyridine rings is 1. The normalized spacial score (nSPS) is 20.5. The molecule has 2 aliphatic carbocycles. The zero-order valence-electron chi connectivity index (χ0n) is 17.8. The van der Waals surface area contributed by atoms with Gasteiger partial charge in [0, 0.05) is 37.7 Å². The van der Waals surface area contributed by atoms with Gasteiger partial charge < -0.3 is 20.7 Å². The first-order valence-corrected chi connectivity index (χ1v) is 11.0. The summed E-state index contributed by atoms with van der Waals surface area (Å²) in [5.41, 5.74) is 9.52. The van der Waals surface area contributed by atoms with E-state index >= 15 is 0 Å². The predicted molar refractivity (Wildman–Crippen MR) is 116 cm³/mol. The van der Waals surface area contributed by atoms with Crippen LogP contribution in [0.25, 0.3) is 0 Å². The number of amides is 2. The van der Waals surface area contributed by atoms with Gasteiger partial charge in [-0.2, -0.15) is 0 Å². The number of nitrogens with zero attached hydrogens (tertiary/aromatic N) is 2. The fraction of sp³-hybridized carbons (Fsp3) is 0.458. The van der Waals surface area contributed by atoms with E-state index in [0.29, 0.717) is 37.0 Å². The van der Waals surface area contributed by atoms with Crippen molar-refractivity contribution >= 4 is 17.6 Å². The van der Waals surface area contributed by atoms with Gasteiger partial charge in [-0.15, -0.1) is 0 Å². The lowest BCUT2D eigenvalue weighted by molar-refractivity contribution is -0.134. The molecule has 2 aromatic rings. The summed E-state index contributed by atoms with van der Waals surface area (Å²) in [7, 11) is 1.61. The number of nitrogen functional groups attached to an aromatic ring is 1. The first kappa shape index (κ1) is 19.8. The quantitative estimate of drug-likeness (QED) is 0.775. The van der Waals surface area contributed by atoms with Crippen LogP contribution in [0.4, 0.5) is 5.82 Å². The van der Waals surface area contributed by atoms with Crippen molar-refractivity contribution < 1.29 is 14.3 Å². The number of anilines is 1. The van der Waals surface area contributed by atoms with Crippen molar-refractivity contribution in [3.63, 3.8) is 0 Å². The molecule has 3 aliphatic rings. The van der Waals surface area contributed by atoms with Crippen LogP contribution in [0.2, 0.25) is 0 Å². The molecule has 5 rings (SSSR count). The van der Waals surface area contributed by atoms with Crippen LogP contribution < -0.4 is 15.8 Å². The van der Waals surface area contributed by atoms with E-state index in [9.17, 15) is 9.59 Å². The predicted octanol–water partition coefficient (Wildman–Crippen LogP) is 2.68. The maximum absolute atomic E-state index is 13.0. The molecule has 7 heteroatoms. The molecule has 0 radical (unpaired) electrons. The number of carbonyl (C=O) groups is 2. The molecular formula is C24H28N4O3. The Bertz CT molecular complexity index is 1050. The highest BCUT2D eigenvalue weighted by atomic mass is 16.5. The molecule has 1 aliphatic heterocycles. The number of hydrogen-bond donors (Lipinski definition) is 2. The lowest BCUT2D eigenvalue weighted by Crippen LogP contribution is -2.39. The molecule has 31 heavy (non-hydrogen) atoms. The van der Waals surface area contributed by atoms with E-state index in [2.05, 4.69) is 10.3 Å². The maximum atomic E-state index is 13.0. The van der Waals surface area contributed by atoms with E-state index in [0.717, 1.165) is 29.0 Å². The largest absolute Gasteiger partial charge is 0.497 e. The van der Waals surface area contributed by atoms with Crippen molar-refractivity contribution in [1.29, 1.82) is 0 Å². The average molecular weight is 421 g/mol. The molecule has 1 atom stereocenters. The van der Waals surface area contributed by atoms with Crippen LogP contribution in [0, 0.1) is 11.3 Å². The summed E-state index contributed by atoms with van der Waals surface area (Å²) in [5.74, 6) is 1.18. The van der Waals surface area contributed by atoms with E-state index in [4.69, 9.17) is 10.5 Å². The Hall–Kier alpha value is -3.09. The number of nitrogens with one attached hydrogen (secondary N) is 1. The molecule has 3 N–H and O–H groups in total. The third-order valence-electron chi connectivity index (χ3n) is 7.18. The second-order valence-electron chi connectivity index (χ2n) is 9.04. The van der Waals surface area contributed by atoms with Crippen LogP contribution in [0.3, 0.4) is 0 Å². The molecule has 2 fully saturated rings. The minimum atomic E-state index is -0.269. The fourth-order valence-corrected chi connectivity index (χ4v) is 5.02. The number of aromatic nitrogens is 1. The highest BCUT2D eigenvalue weighted by Crippen LogP contribution is 2.66. The summed E-state index contributed by atoms with van der Waals surface area (Å²) in [6, 6.07) is 9.36. The smallest absolute Gasteiger partial charge is 0.255 e. The number of hydrogen-bond acceptors (Lipinski definition) is 5. The van der Waals surface area contributed by atoms with Crippen molar-refractivity contribution in [3.8, 4) is 5.75 Å². The van der Waals surface area contributed by atoms with E-state index < -0.39 is 0 Å². The van der Waals surface area contributed by atoms with Crippen LogP contribution in [-0.4, -0.2) is 35.4 Å². The van der Waals surface area contributed by atoms with Gasteiger partial charge in [-0.1, -0.05) is 18.6 Å². The minimum Gasteiger partial charge on any atom is -0.497 e. The summed E-state index contributed by atoms with van der Waals surface area (Å²) in [6.07, 6.45) is 5.38. The second-order valence-corrected chi connectivity index (χ2v) is 9.04. The second kappa shape index (κ2) is 7.55. The van der Waals surface area contributed by atoms with Gasteiger partial charge in [0.25, 0.3) is 5.91 Å². The molecule has 0 unspecified atom stereocenters. The van der Waals surface area contributed by atoms with Crippen molar-refractivity contribution in [2.75, 3.05) is 19.4 Å². The fourth-order valence-electron chi connectivity index (χ4n) is 5.02. The highest BCUT2D eigenvalue weighted by Gasteiger charge is 2.61. The maximum Gasteiger partial charge on any atom is 0.255 e. The zero-order valence-corrected chi connectivity index (χ0v) is 17.8. The Balaban J connectivity index is 1.27. The molecule has 2 saturated carbocycles. The number of methoxy groups -OCH3 is 1. The number of carbonyl (C=O) groups excluding carboxylic acids is 2. The lowest BCUT2D eigenvalue weighted by Gasteiger charge is -2.32. The first-order chi connectivity index (χ1) is 15.0. The molecule has 1 aromatic carbocycles. The number of ether oxygens (including phenoxy) is 1. The van der Waals surface area contributed by atoms with Crippen molar-refractivity contribution in [2.24, 2.45) is 11.3 Å². The SMILES string of the molecule is COc1cccc(CNC(=O)c2cc3c(nc2N)CCN(C(=O)[C@H]2CC24CCC4)C3)c1. The molecule has 162 valence electrons. The van der Waals surface area contributed by atoms with Crippen LogP contribution in [0.1, 0.15) is 52.9 Å². The molecule has 2 heterocycles. The Labute approximate surface area is 182 Å². The number of nitrogens with two attached hydrogens (primary N) is 1. The van der Waals surface area contributed by atoms with Crippen molar-refractivity contribution in [3.05, 3.63) is 52.7 Å². The van der Waals surface area contributed by atoms with Gasteiger partial charge in [-0.05, 0) is 54.0 Å². The van der Waals surface area contributed by atoms with Crippen LogP contribution in [-0.2, 0) is 24.3 Å². The molecular weight excluding hydrogens is 392 g/mol. The van der Waals surface area contributed by atoms with Gasteiger partial charge in [0.2, 0.25) is 5.91 Å². The number of fused-ring (bicyclic) bond motifs is 1. The third-order valence-corrected chi connectivity index (χ3v) is 7.18. The molecule has 0 saturated heterocycles. The van der Waals surface area contributed by atoms with E-state index in [1.165, 1.54) is 19.3 Å². The van der Waals surface area contributed by atoms with Crippen LogP contribution >= 0.6 is 0 Å². The highest BCUT2D eigenvalue weighted by molar-refractivity contribution is 5.98. The summed E-state index contributed by atoms with van der Waals surface area (Å²) in [5, 5.41) is 2.91.